The first-order chi connectivity index (χ1) is 11.9. The lowest BCUT2D eigenvalue weighted by Crippen LogP contribution is -1.93. The number of nitrogens with zero attached hydrogens (tertiary/aromatic N) is 2. The lowest BCUT2D eigenvalue weighted by atomic mass is 10.1. The molecule has 0 spiro atoms. The molecule has 2 N–H and O–H groups in total. The highest BCUT2D eigenvalue weighted by atomic mass is 32.1. The van der Waals surface area contributed by atoms with Crippen molar-refractivity contribution in [1.82, 2.24) is 15.0 Å². The van der Waals surface area contributed by atoms with E-state index in [0.717, 1.165) is 37.9 Å². The SMILES string of the molecule is c1cc2ccoc2c(Nc2csc3cncc(-c4cc[nH]c4)c23)n1. The maximum Gasteiger partial charge on any atom is 0.176 e. The molecule has 0 saturated heterocycles. The predicted octanol–water partition coefficient (Wildman–Crippen LogP) is 5.18. The number of rotatable bonds is 3. The quantitative estimate of drug-likeness (QED) is 0.478. The number of anilines is 2. The average Bonchev–Trinajstić information content (AvgIpc) is 3.36. The number of H-pyrrole nitrogens is 1. The van der Waals surface area contributed by atoms with Crippen molar-refractivity contribution in [1.29, 1.82) is 0 Å². The van der Waals surface area contributed by atoms with Crippen LogP contribution < -0.4 is 5.32 Å². The third-order valence-corrected chi connectivity index (χ3v) is 4.93. The van der Waals surface area contributed by atoms with E-state index in [2.05, 4.69) is 25.6 Å². The molecule has 0 aliphatic heterocycles. The minimum absolute atomic E-state index is 0.717. The largest absolute Gasteiger partial charge is 0.460 e. The van der Waals surface area contributed by atoms with Crippen molar-refractivity contribution >= 4 is 43.9 Å². The second-order valence-corrected chi connectivity index (χ2v) is 6.34. The van der Waals surface area contributed by atoms with Crippen LogP contribution in [0.1, 0.15) is 0 Å². The molecule has 0 bridgehead atoms. The van der Waals surface area contributed by atoms with E-state index in [-0.39, 0.29) is 0 Å². The van der Waals surface area contributed by atoms with Crippen LogP contribution in [0.25, 0.3) is 32.2 Å². The summed E-state index contributed by atoms with van der Waals surface area (Å²) in [6.07, 6.45) is 11.1. The Labute approximate surface area is 141 Å². The van der Waals surface area contributed by atoms with Crippen LogP contribution in [-0.2, 0) is 0 Å². The highest BCUT2D eigenvalue weighted by Crippen LogP contribution is 2.39. The van der Waals surface area contributed by atoms with E-state index < -0.39 is 0 Å². The topological polar surface area (TPSA) is 66.7 Å². The van der Waals surface area contributed by atoms with Crippen LogP contribution >= 0.6 is 11.3 Å². The summed E-state index contributed by atoms with van der Waals surface area (Å²) in [6.45, 7) is 0. The highest BCUT2D eigenvalue weighted by molar-refractivity contribution is 7.17. The van der Waals surface area contributed by atoms with Crippen LogP contribution in [0.2, 0.25) is 0 Å². The van der Waals surface area contributed by atoms with Crippen LogP contribution in [0.4, 0.5) is 11.5 Å². The third-order valence-electron chi connectivity index (χ3n) is 4.01. The first-order valence-electron chi connectivity index (χ1n) is 7.48. The Morgan fingerprint density at radius 2 is 2.17 bits per heavy atom. The van der Waals surface area contributed by atoms with E-state index in [1.807, 2.05) is 43.0 Å². The van der Waals surface area contributed by atoms with Gasteiger partial charge in [-0.3, -0.25) is 4.98 Å². The first kappa shape index (κ1) is 13.3. The summed E-state index contributed by atoms with van der Waals surface area (Å²) in [5.41, 5.74) is 3.96. The molecule has 0 aromatic carbocycles. The van der Waals surface area contributed by atoms with Crippen molar-refractivity contribution in [2.75, 3.05) is 5.32 Å². The normalized spacial score (nSPS) is 11.3. The summed E-state index contributed by atoms with van der Waals surface area (Å²) in [5, 5.41) is 7.68. The summed E-state index contributed by atoms with van der Waals surface area (Å²) < 4.78 is 6.70. The zero-order valence-electron chi connectivity index (χ0n) is 12.5. The van der Waals surface area contributed by atoms with Gasteiger partial charge in [-0.2, -0.15) is 0 Å². The maximum atomic E-state index is 5.57. The van der Waals surface area contributed by atoms with Crippen molar-refractivity contribution in [2.45, 2.75) is 0 Å². The fourth-order valence-corrected chi connectivity index (χ4v) is 3.78. The Morgan fingerprint density at radius 3 is 3.08 bits per heavy atom. The Morgan fingerprint density at radius 1 is 1.17 bits per heavy atom. The summed E-state index contributed by atoms with van der Waals surface area (Å²) in [6, 6.07) is 5.91. The number of furan rings is 1. The number of pyridine rings is 2. The highest BCUT2D eigenvalue weighted by Gasteiger charge is 2.14. The van der Waals surface area contributed by atoms with Crippen molar-refractivity contribution in [3.63, 3.8) is 0 Å². The first-order valence-corrected chi connectivity index (χ1v) is 8.36. The van der Waals surface area contributed by atoms with E-state index >= 15 is 0 Å². The molecule has 5 nitrogen and oxygen atoms in total. The molecule has 5 aromatic rings. The zero-order chi connectivity index (χ0) is 15.9. The fraction of sp³-hybridized carbons (Fsp3) is 0. The van der Waals surface area contributed by atoms with Crippen molar-refractivity contribution < 1.29 is 4.42 Å². The monoisotopic (exact) mass is 332 g/mol. The van der Waals surface area contributed by atoms with Gasteiger partial charge in [-0.05, 0) is 18.2 Å². The maximum absolute atomic E-state index is 5.57. The molecule has 116 valence electrons. The number of thiophene rings is 1. The zero-order valence-corrected chi connectivity index (χ0v) is 13.3. The number of fused-ring (bicyclic) bond motifs is 2. The Bertz CT molecular complexity index is 1140. The molecule has 0 saturated carbocycles. The molecule has 6 heteroatoms. The second-order valence-electron chi connectivity index (χ2n) is 5.43. The summed E-state index contributed by atoms with van der Waals surface area (Å²) >= 11 is 1.66. The fourth-order valence-electron chi connectivity index (χ4n) is 2.90. The Kier molecular flexibility index (Phi) is 2.89. The molecular weight excluding hydrogens is 320 g/mol. The van der Waals surface area contributed by atoms with Gasteiger partial charge in [0.1, 0.15) is 0 Å². The van der Waals surface area contributed by atoms with Crippen molar-refractivity contribution in [3.8, 4) is 11.1 Å². The number of aromatic amines is 1. The lowest BCUT2D eigenvalue weighted by Gasteiger charge is -2.07. The van der Waals surface area contributed by atoms with Crippen LogP contribution in [0.3, 0.4) is 0 Å². The van der Waals surface area contributed by atoms with E-state index in [9.17, 15) is 0 Å². The van der Waals surface area contributed by atoms with Gasteiger partial charge in [-0.1, -0.05) is 0 Å². The van der Waals surface area contributed by atoms with Crippen LogP contribution in [0, 0.1) is 0 Å². The number of hydrogen-bond acceptors (Lipinski definition) is 5. The molecular formula is C18H12N4OS. The lowest BCUT2D eigenvalue weighted by molar-refractivity contribution is 0.615. The number of hydrogen-bond donors (Lipinski definition) is 2. The minimum atomic E-state index is 0.717. The average molecular weight is 332 g/mol. The van der Waals surface area contributed by atoms with E-state index in [4.69, 9.17) is 4.42 Å². The molecule has 0 aliphatic rings. The van der Waals surface area contributed by atoms with Crippen molar-refractivity contribution in [2.24, 2.45) is 0 Å². The number of aromatic nitrogens is 3. The molecule has 0 atom stereocenters. The van der Waals surface area contributed by atoms with Gasteiger partial charge in [-0.25, -0.2) is 4.98 Å². The minimum Gasteiger partial charge on any atom is -0.460 e. The molecule has 24 heavy (non-hydrogen) atoms. The Hall–Kier alpha value is -3.12. The van der Waals surface area contributed by atoms with E-state index in [0.29, 0.717) is 5.82 Å². The van der Waals surface area contributed by atoms with Gasteiger partial charge in [0.15, 0.2) is 11.4 Å². The van der Waals surface area contributed by atoms with Crippen LogP contribution in [-0.4, -0.2) is 15.0 Å². The van der Waals surface area contributed by atoms with Crippen LogP contribution in [0.15, 0.2) is 65.2 Å². The molecule has 0 unspecified atom stereocenters. The van der Waals surface area contributed by atoms with Gasteiger partial charge in [0.2, 0.25) is 0 Å². The van der Waals surface area contributed by atoms with Crippen molar-refractivity contribution in [3.05, 3.63) is 60.8 Å². The summed E-state index contributed by atoms with van der Waals surface area (Å²) in [7, 11) is 0. The summed E-state index contributed by atoms with van der Waals surface area (Å²) in [5.74, 6) is 0.717. The van der Waals surface area contributed by atoms with Gasteiger partial charge in [0, 0.05) is 58.3 Å². The second kappa shape index (κ2) is 5.21. The van der Waals surface area contributed by atoms with Crippen LogP contribution in [0.5, 0.6) is 0 Å². The molecule has 0 amide bonds. The molecule has 5 heterocycles. The van der Waals surface area contributed by atoms with Gasteiger partial charge >= 0.3 is 0 Å². The van der Waals surface area contributed by atoms with E-state index in [1.54, 1.807) is 23.8 Å². The van der Waals surface area contributed by atoms with Gasteiger partial charge in [-0.15, -0.1) is 11.3 Å². The molecule has 0 aliphatic carbocycles. The predicted molar refractivity (Wildman–Crippen MR) is 96.7 cm³/mol. The van der Waals surface area contributed by atoms with E-state index in [1.165, 1.54) is 0 Å². The summed E-state index contributed by atoms with van der Waals surface area (Å²) in [4.78, 5) is 11.9. The molecule has 0 radical (unpaired) electrons. The smallest absolute Gasteiger partial charge is 0.176 e. The molecule has 0 fully saturated rings. The molecule has 5 rings (SSSR count). The standard InChI is InChI=1S/C18H12N4OS/c1-4-19-7-12(1)13-8-20-9-15-16(13)14(10-24-15)22-18-17-11(2-5-21-18)3-6-23-17/h1-10,19H,(H,21,22). The molecule has 5 aromatic heterocycles. The Balaban J connectivity index is 1.69. The third kappa shape index (κ3) is 2.00. The number of nitrogens with one attached hydrogen (secondary N) is 2. The van der Waals surface area contributed by atoms with Gasteiger partial charge in [0.05, 0.1) is 16.7 Å². The van der Waals surface area contributed by atoms with Gasteiger partial charge < -0.3 is 14.7 Å². The van der Waals surface area contributed by atoms with Gasteiger partial charge in [0.25, 0.3) is 0 Å².